The van der Waals surface area contributed by atoms with Gasteiger partial charge in [-0.25, -0.2) is 9.78 Å². The van der Waals surface area contributed by atoms with Crippen molar-refractivity contribution in [1.29, 1.82) is 0 Å². The number of thiazole rings is 1. The van der Waals surface area contributed by atoms with Crippen molar-refractivity contribution in [2.24, 2.45) is 0 Å². The quantitative estimate of drug-likeness (QED) is 0.493. The fourth-order valence-corrected chi connectivity index (χ4v) is 4.38. The molecular weight excluding hydrogens is 380 g/mol. The smallest absolute Gasteiger partial charge is 0.348 e. The molecule has 4 rings (SSSR count). The number of aromatic nitrogens is 1. The molecule has 7 heteroatoms. The van der Waals surface area contributed by atoms with E-state index in [1.807, 2.05) is 48.5 Å². The van der Waals surface area contributed by atoms with Gasteiger partial charge in [0, 0.05) is 5.69 Å². The highest BCUT2D eigenvalue weighted by Crippen LogP contribution is 2.34. The Morgan fingerprint density at radius 2 is 1.70 bits per heavy atom. The SMILES string of the molecule is O=C(COC(=O)c1ccc(-c2nc3ccccc3s2)s1)Nc1ccccc1. The van der Waals surface area contributed by atoms with Gasteiger partial charge in [-0.2, -0.15) is 0 Å². The van der Waals surface area contributed by atoms with Gasteiger partial charge >= 0.3 is 5.97 Å². The van der Waals surface area contributed by atoms with E-state index in [1.165, 1.54) is 11.3 Å². The number of nitrogens with one attached hydrogen (secondary N) is 1. The molecule has 0 aliphatic carbocycles. The van der Waals surface area contributed by atoms with E-state index < -0.39 is 5.97 Å². The Kier molecular flexibility index (Phi) is 4.95. The number of ether oxygens (including phenoxy) is 1. The van der Waals surface area contributed by atoms with E-state index in [9.17, 15) is 9.59 Å². The maximum atomic E-state index is 12.2. The number of anilines is 1. The van der Waals surface area contributed by atoms with Crippen LogP contribution in [0.1, 0.15) is 9.67 Å². The molecule has 0 saturated carbocycles. The number of thiophene rings is 1. The van der Waals surface area contributed by atoms with Crippen LogP contribution in [-0.4, -0.2) is 23.5 Å². The summed E-state index contributed by atoms with van der Waals surface area (Å²) in [5, 5.41) is 3.54. The Morgan fingerprint density at radius 3 is 2.52 bits per heavy atom. The van der Waals surface area contributed by atoms with Crippen molar-refractivity contribution < 1.29 is 14.3 Å². The summed E-state index contributed by atoms with van der Waals surface area (Å²) in [7, 11) is 0. The average molecular weight is 394 g/mol. The average Bonchev–Trinajstić information content (AvgIpc) is 3.33. The molecule has 2 aromatic carbocycles. The molecule has 0 aliphatic heterocycles. The minimum absolute atomic E-state index is 0.331. The number of para-hydroxylation sites is 2. The second-order valence-corrected chi connectivity index (χ2v) is 7.76. The van der Waals surface area contributed by atoms with Crippen molar-refractivity contribution in [3.8, 4) is 9.88 Å². The molecule has 2 heterocycles. The predicted molar refractivity (Wildman–Crippen MR) is 108 cm³/mol. The Morgan fingerprint density at radius 1 is 0.926 bits per heavy atom. The lowest BCUT2D eigenvalue weighted by Gasteiger charge is -2.05. The third-order valence-corrected chi connectivity index (χ3v) is 5.97. The fourth-order valence-electron chi connectivity index (χ4n) is 2.46. The molecule has 0 saturated heterocycles. The van der Waals surface area contributed by atoms with Crippen molar-refractivity contribution in [3.05, 3.63) is 71.6 Å². The highest BCUT2D eigenvalue weighted by atomic mass is 32.1. The number of esters is 1. The highest BCUT2D eigenvalue weighted by Gasteiger charge is 2.15. The van der Waals surface area contributed by atoms with Crippen LogP contribution in [0.25, 0.3) is 20.1 Å². The van der Waals surface area contributed by atoms with Crippen molar-refractivity contribution >= 4 is 50.5 Å². The molecule has 0 bridgehead atoms. The highest BCUT2D eigenvalue weighted by molar-refractivity contribution is 7.26. The normalized spacial score (nSPS) is 10.7. The lowest BCUT2D eigenvalue weighted by Crippen LogP contribution is -2.20. The van der Waals surface area contributed by atoms with E-state index >= 15 is 0 Å². The van der Waals surface area contributed by atoms with Crippen molar-refractivity contribution in [3.63, 3.8) is 0 Å². The summed E-state index contributed by atoms with van der Waals surface area (Å²) >= 11 is 2.88. The van der Waals surface area contributed by atoms with Gasteiger partial charge in [0.1, 0.15) is 9.88 Å². The Balaban J connectivity index is 1.39. The Bertz CT molecular complexity index is 1070. The van der Waals surface area contributed by atoms with Crippen LogP contribution in [0.15, 0.2) is 66.7 Å². The van der Waals surface area contributed by atoms with E-state index in [2.05, 4.69) is 10.3 Å². The number of carbonyl (C=O) groups is 2. The van der Waals surface area contributed by atoms with Gasteiger partial charge in [-0.05, 0) is 36.4 Å². The zero-order valence-electron chi connectivity index (χ0n) is 14.0. The van der Waals surface area contributed by atoms with E-state index in [0.717, 1.165) is 20.1 Å². The third-order valence-electron chi connectivity index (χ3n) is 3.70. The first kappa shape index (κ1) is 17.4. The third kappa shape index (κ3) is 4.05. The van der Waals surface area contributed by atoms with Crippen LogP contribution < -0.4 is 5.32 Å². The zero-order chi connectivity index (χ0) is 18.6. The first-order chi connectivity index (χ1) is 13.2. The van der Waals surface area contributed by atoms with Gasteiger partial charge in [-0.15, -0.1) is 22.7 Å². The topological polar surface area (TPSA) is 68.3 Å². The Labute approximate surface area is 163 Å². The lowest BCUT2D eigenvalue weighted by atomic mass is 10.3. The number of rotatable bonds is 5. The molecule has 4 aromatic rings. The summed E-state index contributed by atoms with van der Waals surface area (Å²) in [6.45, 7) is -0.331. The molecule has 27 heavy (non-hydrogen) atoms. The molecule has 2 aromatic heterocycles. The monoisotopic (exact) mass is 394 g/mol. The van der Waals surface area contributed by atoms with Crippen LogP contribution in [0.2, 0.25) is 0 Å². The van der Waals surface area contributed by atoms with Gasteiger partial charge in [-0.1, -0.05) is 30.3 Å². The van der Waals surface area contributed by atoms with E-state index in [-0.39, 0.29) is 12.5 Å². The van der Waals surface area contributed by atoms with Gasteiger partial charge < -0.3 is 10.1 Å². The summed E-state index contributed by atoms with van der Waals surface area (Å²) in [5.74, 6) is -0.895. The number of nitrogens with zero attached hydrogens (tertiary/aromatic N) is 1. The van der Waals surface area contributed by atoms with E-state index in [0.29, 0.717) is 10.6 Å². The number of benzene rings is 2. The molecule has 0 fully saturated rings. The summed E-state index contributed by atoms with van der Waals surface area (Å²) < 4.78 is 6.21. The molecule has 0 aliphatic rings. The molecule has 0 atom stereocenters. The van der Waals surface area contributed by atoms with Crippen LogP contribution in [0.4, 0.5) is 5.69 Å². The standard InChI is InChI=1S/C20H14N2O3S2/c23-18(21-13-6-2-1-3-7-13)12-25-20(24)17-11-10-16(26-17)19-22-14-8-4-5-9-15(14)27-19/h1-11H,12H2,(H,21,23). The van der Waals surface area contributed by atoms with Crippen molar-refractivity contribution in [2.45, 2.75) is 0 Å². The van der Waals surface area contributed by atoms with Crippen LogP contribution in [-0.2, 0) is 9.53 Å². The summed E-state index contributed by atoms with van der Waals surface area (Å²) in [6, 6.07) is 20.5. The minimum atomic E-state index is -0.518. The molecule has 134 valence electrons. The lowest BCUT2D eigenvalue weighted by molar-refractivity contribution is -0.119. The number of hydrogen-bond donors (Lipinski definition) is 1. The van der Waals surface area contributed by atoms with E-state index in [1.54, 1.807) is 29.5 Å². The molecule has 1 amide bonds. The second kappa shape index (κ2) is 7.69. The molecule has 5 nitrogen and oxygen atoms in total. The molecule has 0 spiro atoms. The minimum Gasteiger partial charge on any atom is -0.451 e. The summed E-state index contributed by atoms with van der Waals surface area (Å²) in [6.07, 6.45) is 0. The van der Waals surface area contributed by atoms with Crippen LogP contribution in [0, 0.1) is 0 Å². The van der Waals surface area contributed by atoms with Crippen molar-refractivity contribution in [1.82, 2.24) is 4.98 Å². The van der Waals surface area contributed by atoms with Crippen LogP contribution in [0.5, 0.6) is 0 Å². The molecule has 0 unspecified atom stereocenters. The van der Waals surface area contributed by atoms with Crippen LogP contribution >= 0.6 is 22.7 Å². The van der Waals surface area contributed by atoms with Gasteiger partial charge in [0.15, 0.2) is 6.61 Å². The second-order valence-electron chi connectivity index (χ2n) is 5.64. The Hall–Kier alpha value is -3.03. The van der Waals surface area contributed by atoms with Gasteiger partial charge in [0.2, 0.25) is 0 Å². The maximum absolute atomic E-state index is 12.2. The van der Waals surface area contributed by atoms with Gasteiger partial charge in [0.25, 0.3) is 5.91 Å². The number of fused-ring (bicyclic) bond motifs is 1. The number of amides is 1. The molecule has 1 N–H and O–H groups in total. The summed E-state index contributed by atoms with van der Waals surface area (Å²) in [4.78, 5) is 30.0. The predicted octanol–water partition coefficient (Wildman–Crippen LogP) is 4.82. The molecule has 0 radical (unpaired) electrons. The fraction of sp³-hybridized carbons (Fsp3) is 0.0500. The zero-order valence-corrected chi connectivity index (χ0v) is 15.7. The van der Waals surface area contributed by atoms with Gasteiger partial charge in [-0.3, -0.25) is 4.79 Å². The van der Waals surface area contributed by atoms with Crippen LogP contribution in [0.3, 0.4) is 0 Å². The summed E-state index contributed by atoms with van der Waals surface area (Å²) in [5.41, 5.74) is 1.60. The van der Waals surface area contributed by atoms with E-state index in [4.69, 9.17) is 4.74 Å². The first-order valence-corrected chi connectivity index (χ1v) is 9.80. The largest absolute Gasteiger partial charge is 0.451 e. The number of hydrogen-bond acceptors (Lipinski definition) is 6. The van der Waals surface area contributed by atoms with Crippen molar-refractivity contribution in [2.75, 3.05) is 11.9 Å². The number of carbonyl (C=O) groups excluding carboxylic acids is 2. The maximum Gasteiger partial charge on any atom is 0.348 e. The van der Waals surface area contributed by atoms with Gasteiger partial charge in [0.05, 0.1) is 15.1 Å². The molecular formula is C20H14N2O3S2. The first-order valence-electron chi connectivity index (χ1n) is 8.17.